The van der Waals surface area contributed by atoms with E-state index in [9.17, 15) is 27.9 Å². The molecule has 1 aliphatic rings. The minimum atomic E-state index is -5.04. The number of alkyl halides is 3. The fourth-order valence-corrected chi connectivity index (χ4v) is 2.43. The van der Waals surface area contributed by atoms with Crippen LogP contribution in [0.4, 0.5) is 13.2 Å². The third kappa shape index (κ3) is 2.93. The van der Waals surface area contributed by atoms with E-state index < -0.39 is 29.5 Å². The molecule has 0 aromatic heterocycles. The van der Waals surface area contributed by atoms with Crippen LogP contribution in [0.15, 0.2) is 24.3 Å². The lowest BCUT2D eigenvalue weighted by Gasteiger charge is -2.47. The molecule has 2 rings (SSSR count). The number of carboxylic acid groups (broad SMARTS) is 1. The Bertz CT molecular complexity index is 562. The molecule has 1 aliphatic carbocycles. The molecule has 1 saturated carbocycles. The van der Waals surface area contributed by atoms with Crippen molar-refractivity contribution in [2.75, 3.05) is 0 Å². The number of nitrogens with one attached hydrogen (secondary N) is 1. The summed E-state index contributed by atoms with van der Waals surface area (Å²) in [7, 11) is 0. The van der Waals surface area contributed by atoms with Crippen molar-refractivity contribution in [1.29, 1.82) is 0 Å². The minimum absolute atomic E-state index is 0.0786. The van der Waals surface area contributed by atoms with Crippen LogP contribution in [0.25, 0.3) is 0 Å². The number of carbonyl (C=O) groups is 2. The molecule has 0 aliphatic heterocycles. The maximum Gasteiger partial charge on any atom is 0.471 e. The first-order valence-electron chi connectivity index (χ1n) is 6.06. The van der Waals surface area contributed by atoms with Gasteiger partial charge in [0.15, 0.2) is 0 Å². The number of rotatable bonds is 3. The molecule has 1 aromatic carbocycles. The van der Waals surface area contributed by atoms with Gasteiger partial charge in [-0.25, -0.2) is 0 Å². The molecule has 8 heteroatoms. The highest BCUT2D eigenvalue weighted by atomic mass is 19.4. The Balaban J connectivity index is 2.27. The summed E-state index contributed by atoms with van der Waals surface area (Å²) in [4.78, 5) is 22.0. The van der Waals surface area contributed by atoms with Gasteiger partial charge in [-0.15, -0.1) is 0 Å². The molecule has 1 fully saturated rings. The molecular formula is C13H12F3NO4. The molecule has 0 radical (unpaired) electrons. The Hall–Kier alpha value is -2.25. The number of benzene rings is 1. The van der Waals surface area contributed by atoms with Gasteiger partial charge >= 0.3 is 18.1 Å². The van der Waals surface area contributed by atoms with Crippen LogP contribution in [0.3, 0.4) is 0 Å². The Morgan fingerprint density at radius 3 is 2.14 bits per heavy atom. The highest BCUT2D eigenvalue weighted by molar-refractivity contribution is 5.83. The molecular weight excluding hydrogens is 291 g/mol. The zero-order valence-electron chi connectivity index (χ0n) is 10.6. The summed E-state index contributed by atoms with van der Waals surface area (Å²) in [5, 5.41) is 20.0. The largest absolute Gasteiger partial charge is 0.508 e. The molecule has 1 amide bonds. The number of phenols is 1. The lowest BCUT2D eigenvalue weighted by atomic mass is 9.64. The number of aliphatic carboxylic acids is 1. The maximum absolute atomic E-state index is 12.4. The number of phenolic OH excluding ortho intramolecular Hbond substituents is 1. The van der Waals surface area contributed by atoms with Crippen molar-refractivity contribution in [3.8, 4) is 5.75 Å². The Morgan fingerprint density at radius 2 is 1.71 bits per heavy atom. The second-order valence-electron chi connectivity index (χ2n) is 5.02. The van der Waals surface area contributed by atoms with Crippen molar-refractivity contribution < 1.29 is 33.0 Å². The van der Waals surface area contributed by atoms with Gasteiger partial charge in [-0.05, 0) is 30.5 Å². The molecule has 0 atom stereocenters. The van der Waals surface area contributed by atoms with Crippen LogP contribution in [0.5, 0.6) is 5.75 Å². The van der Waals surface area contributed by atoms with Gasteiger partial charge in [-0.2, -0.15) is 13.2 Å². The van der Waals surface area contributed by atoms with Gasteiger partial charge in [0, 0.05) is 0 Å². The highest BCUT2D eigenvalue weighted by Crippen LogP contribution is 2.46. The molecule has 0 spiro atoms. The first kappa shape index (κ1) is 15.1. The molecule has 0 saturated heterocycles. The Morgan fingerprint density at radius 1 is 1.19 bits per heavy atom. The highest BCUT2D eigenvalue weighted by Gasteiger charge is 2.53. The van der Waals surface area contributed by atoms with E-state index in [1.807, 2.05) is 5.32 Å². The number of amides is 1. The summed E-state index contributed by atoms with van der Waals surface area (Å²) >= 11 is 0. The van der Waals surface area contributed by atoms with Crippen LogP contribution in [0.1, 0.15) is 18.4 Å². The van der Waals surface area contributed by atoms with Crippen molar-refractivity contribution in [3.63, 3.8) is 0 Å². The minimum Gasteiger partial charge on any atom is -0.508 e. The van der Waals surface area contributed by atoms with Gasteiger partial charge in [0.25, 0.3) is 0 Å². The second kappa shape index (κ2) is 4.94. The third-order valence-electron chi connectivity index (χ3n) is 3.57. The number of carbonyl (C=O) groups excluding carboxylic acids is 1. The molecule has 3 N–H and O–H groups in total. The third-order valence-corrected chi connectivity index (χ3v) is 3.57. The summed E-state index contributed by atoms with van der Waals surface area (Å²) in [6.45, 7) is 0. The van der Waals surface area contributed by atoms with Crippen LogP contribution in [-0.2, 0) is 15.1 Å². The van der Waals surface area contributed by atoms with Crippen molar-refractivity contribution in [3.05, 3.63) is 29.8 Å². The van der Waals surface area contributed by atoms with Crippen molar-refractivity contribution >= 4 is 11.9 Å². The van der Waals surface area contributed by atoms with Crippen LogP contribution < -0.4 is 5.32 Å². The average Bonchev–Trinajstić information content (AvgIpc) is 2.32. The predicted molar refractivity (Wildman–Crippen MR) is 64.3 cm³/mol. The number of carboxylic acids is 1. The standard InChI is InChI=1S/C13H12F3NO4/c14-13(15,16)11(21)17-12(5-7(6-12)10(19)20)8-1-3-9(18)4-2-8/h1-4,7,18H,5-6H2,(H,17,21)(H,19,20). The van der Waals surface area contributed by atoms with Gasteiger partial charge < -0.3 is 15.5 Å². The maximum atomic E-state index is 12.4. The van der Waals surface area contributed by atoms with E-state index in [1.54, 1.807) is 0 Å². The average molecular weight is 303 g/mol. The van der Waals surface area contributed by atoms with E-state index in [1.165, 1.54) is 24.3 Å². The number of hydrogen-bond donors (Lipinski definition) is 3. The van der Waals surface area contributed by atoms with E-state index in [4.69, 9.17) is 5.11 Å². The fourth-order valence-electron chi connectivity index (χ4n) is 2.43. The van der Waals surface area contributed by atoms with Crippen LogP contribution in [-0.4, -0.2) is 28.3 Å². The zero-order valence-corrected chi connectivity index (χ0v) is 10.6. The predicted octanol–water partition coefficient (Wildman–Crippen LogP) is 1.76. The van der Waals surface area contributed by atoms with Crippen LogP contribution in [0.2, 0.25) is 0 Å². The normalized spacial score (nSPS) is 25.0. The number of halogens is 3. The van der Waals surface area contributed by atoms with Gasteiger partial charge in [-0.1, -0.05) is 12.1 Å². The van der Waals surface area contributed by atoms with Gasteiger partial charge in [0.2, 0.25) is 0 Å². The molecule has 5 nitrogen and oxygen atoms in total. The van der Waals surface area contributed by atoms with Gasteiger partial charge in [-0.3, -0.25) is 9.59 Å². The van der Waals surface area contributed by atoms with E-state index in [-0.39, 0.29) is 18.6 Å². The SMILES string of the molecule is O=C(O)C1CC(NC(=O)C(F)(F)F)(c2ccc(O)cc2)C1. The smallest absolute Gasteiger partial charge is 0.471 e. The topological polar surface area (TPSA) is 86.6 Å². The molecule has 0 bridgehead atoms. The van der Waals surface area contributed by atoms with E-state index in [0.717, 1.165) is 0 Å². The summed E-state index contributed by atoms with van der Waals surface area (Å²) in [5.41, 5.74) is -1.04. The summed E-state index contributed by atoms with van der Waals surface area (Å²) in [6, 6.07) is 5.27. The first-order valence-corrected chi connectivity index (χ1v) is 6.06. The van der Waals surface area contributed by atoms with E-state index in [0.29, 0.717) is 5.56 Å². The lowest BCUT2D eigenvalue weighted by molar-refractivity contribution is -0.178. The Labute approximate surface area is 117 Å². The lowest BCUT2D eigenvalue weighted by Crippen LogP contribution is -2.58. The molecule has 0 unspecified atom stereocenters. The van der Waals surface area contributed by atoms with Gasteiger partial charge in [0.05, 0.1) is 11.5 Å². The monoisotopic (exact) mass is 303 g/mol. The first-order chi connectivity index (χ1) is 9.64. The quantitative estimate of drug-likeness (QED) is 0.794. The Kier molecular flexibility index (Phi) is 3.56. The van der Waals surface area contributed by atoms with Gasteiger partial charge in [0.1, 0.15) is 5.75 Å². The summed E-state index contributed by atoms with van der Waals surface area (Å²) in [5.74, 6) is -4.12. The van der Waals surface area contributed by atoms with Crippen LogP contribution >= 0.6 is 0 Å². The van der Waals surface area contributed by atoms with E-state index in [2.05, 4.69) is 0 Å². The molecule has 0 heterocycles. The van der Waals surface area contributed by atoms with Crippen LogP contribution in [0, 0.1) is 5.92 Å². The number of aromatic hydroxyl groups is 1. The van der Waals surface area contributed by atoms with Crippen molar-refractivity contribution in [1.82, 2.24) is 5.32 Å². The van der Waals surface area contributed by atoms with E-state index >= 15 is 0 Å². The summed E-state index contributed by atoms with van der Waals surface area (Å²) in [6.07, 6.45) is -5.30. The molecule has 1 aromatic rings. The molecule has 21 heavy (non-hydrogen) atoms. The molecule has 114 valence electrons. The van der Waals surface area contributed by atoms with Crippen molar-refractivity contribution in [2.45, 2.75) is 24.6 Å². The summed E-state index contributed by atoms with van der Waals surface area (Å²) < 4.78 is 37.2. The second-order valence-corrected chi connectivity index (χ2v) is 5.02. The zero-order chi connectivity index (χ0) is 15.8. The number of hydrogen-bond acceptors (Lipinski definition) is 3. The van der Waals surface area contributed by atoms with Crippen molar-refractivity contribution in [2.24, 2.45) is 5.92 Å². The fraction of sp³-hybridized carbons (Fsp3) is 0.385.